The minimum Gasteiger partial charge on any atom is -0.383 e. The number of nitrogens with one attached hydrogen (secondary N) is 1. The van der Waals surface area contributed by atoms with Gasteiger partial charge < -0.3 is 5.32 Å². The lowest BCUT2D eigenvalue weighted by molar-refractivity contribution is 0.184. The van der Waals surface area contributed by atoms with Gasteiger partial charge >= 0.3 is 0 Å². The van der Waals surface area contributed by atoms with Crippen LogP contribution in [0.2, 0.25) is 0 Å². The average molecular weight is 251 g/mol. The third-order valence-electron chi connectivity index (χ3n) is 4.12. The van der Waals surface area contributed by atoms with Gasteiger partial charge in [-0.1, -0.05) is 18.6 Å². The lowest BCUT2D eigenvalue weighted by atomic mass is 9.70. The molecule has 1 spiro atoms. The number of anilines is 1. The molecular formula is C13H17NO2S. The monoisotopic (exact) mass is 251 g/mol. The fourth-order valence-corrected chi connectivity index (χ4v) is 5.11. The van der Waals surface area contributed by atoms with Crippen molar-refractivity contribution in [2.24, 2.45) is 5.41 Å². The van der Waals surface area contributed by atoms with Gasteiger partial charge in [0.2, 0.25) is 0 Å². The summed E-state index contributed by atoms with van der Waals surface area (Å²) in [6.45, 7) is 2.75. The predicted octanol–water partition coefficient (Wildman–Crippen LogP) is 2.36. The Labute approximate surface area is 102 Å². The molecule has 0 amide bonds. The highest BCUT2D eigenvalue weighted by atomic mass is 32.2. The molecule has 1 heterocycles. The zero-order valence-electron chi connectivity index (χ0n) is 9.99. The molecule has 1 saturated carbocycles. The SMILES string of the molecule is Cc1cccc2c1NCC1(CCC1)CS2(=O)=O. The lowest BCUT2D eigenvalue weighted by Gasteiger charge is -2.40. The number of para-hydroxylation sites is 1. The van der Waals surface area contributed by atoms with Crippen molar-refractivity contribution in [1.82, 2.24) is 0 Å². The number of hydrogen-bond acceptors (Lipinski definition) is 3. The van der Waals surface area contributed by atoms with E-state index in [-0.39, 0.29) is 5.41 Å². The number of sulfone groups is 1. The van der Waals surface area contributed by atoms with Gasteiger partial charge in [0.1, 0.15) is 0 Å². The van der Waals surface area contributed by atoms with Crippen molar-refractivity contribution in [3.05, 3.63) is 23.8 Å². The molecule has 0 radical (unpaired) electrons. The maximum Gasteiger partial charge on any atom is 0.181 e. The summed E-state index contributed by atoms with van der Waals surface area (Å²) in [7, 11) is -3.13. The summed E-state index contributed by atoms with van der Waals surface area (Å²) >= 11 is 0. The standard InChI is InChI=1S/C13H17NO2S/c1-10-4-2-5-11-12(10)14-8-13(6-3-7-13)9-17(11,15)16/h2,4-5,14H,3,6-9H2,1H3. The lowest BCUT2D eigenvalue weighted by Crippen LogP contribution is -2.40. The third-order valence-corrected chi connectivity index (χ3v) is 6.12. The van der Waals surface area contributed by atoms with E-state index in [0.717, 1.165) is 37.1 Å². The summed E-state index contributed by atoms with van der Waals surface area (Å²) in [5.74, 6) is 0.309. The van der Waals surface area contributed by atoms with Crippen LogP contribution in [-0.2, 0) is 9.84 Å². The normalized spacial score (nSPS) is 24.3. The van der Waals surface area contributed by atoms with E-state index in [1.165, 1.54) is 0 Å². The van der Waals surface area contributed by atoms with Crippen molar-refractivity contribution >= 4 is 15.5 Å². The zero-order valence-corrected chi connectivity index (χ0v) is 10.8. The van der Waals surface area contributed by atoms with Crippen LogP contribution in [0.25, 0.3) is 0 Å². The van der Waals surface area contributed by atoms with E-state index in [2.05, 4.69) is 5.32 Å². The van der Waals surface area contributed by atoms with Gasteiger partial charge in [0.05, 0.1) is 16.3 Å². The molecule has 0 aromatic heterocycles. The zero-order chi connectivity index (χ0) is 12.1. The number of rotatable bonds is 0. The quantitative estimate of drug-likeness (QED) is 0.770. The van der Waals surface area contributed by atoms with Gasteiger partial charge in [-0.2, -0.15) is 0 Å². The Balaban J connectivity index is 2.13. The Hall–Kier alpha value is -1.03. The predicted molar refractivity (Wildman–Crippen MR) is 68.0 cm³/mol. The molecule has 17 heavy (non-hydrogen) atoms. The Bertz CT molecular complexity index is 559. The number of aryl methyl sites for hydroxylation is 1. The maximum atomic E-state index is 12.4. The summed E-state index contributed by atoms with van der Waals surface area (Å²) in [6, 6.07) is 5.51. The van der Waals surface area contributed by atoms with Gasteiger partial charge in [0.25, 0.3) is 0 Å². The minimum atomic E-state index is -3.13. The number of benzene rings is 1. The summed E-state index contributed by atoms with van der Waals surface area (Å²) in [5, 5.41) is 3.36. The van der Waals surface area contributed by atoms with E-state index in [0.29, 0.717) is 10.6 Å². The molecule has 1 N–H and O–H groups in total. The molecule has 1 aliphatic carbocycles. The van der Waals surface area contributed by atoms with Gasteiger partial charge in [-0.25, -0.2) is 8.42 Å². The second kappa shape index (κ2) is 3.48. The first-order valence-corrected chi connectivity index (χ1v) is 7.74. The summed E-state index contributed by atoms with van der Waals surface area (Å²) in [6.07, 6.45) is 3.23. The van der Waals surface area contributed by atoms with Crippen molar-refractivity contribution in [3.63, 3.8) is 0 Å². The molecule has 0 bridgehead atoms. The van der Waals surface area contributed by atoms with Gasteiger partial charge in [-0.15, -0.1) is 0 Å². The van der Waals surface area contributed by atoms with Crippen molar-refractivity contribution < 1.29 is 8.42 Å². The van der Waals surface area contributed by atoms with Crippen LogP contribution < -0.4 is 5.32 Å². The van der Waals surface area contributed by atoms with E-state index < -0.39 is 9.84 Å². The van der Waals surface area contributed by atoms with E-state index in [1.54, 1.807) is 6.07 Å². The first kappa shape index (κ1) is 11.1. The minimum absolute atomic E-state index is 0.00963. The van der Waals surface area contributed by atoms with Crippen molar-refractivity contribution in [2.45, 2.75) is 31.1 Å². The Morgan fingerprint density at radius 3 is 2.71 bits per heavy atom. The molecule has 1 aromatic carbocycles. The second-order valence-corrected chi connectivity index (χ2v) is 7.37. The van der Waals surface area contributed by atoms with Crippen LogP contribution in [0.4, 0.5) is 5.69 Å². The molecule has 0 unspecified atom stereocenters. The molecule has 1 aliphatic heterocycles. The fraction of sp³-hybridized carbons (Fsp3) is 0.538. The molecule has 1 fully saturated rings. The van der Waals surface area contributed by atoms with E-state index in [1.807, 2.05) is 19.1 Å². The van der Waals surface area contributed by atoms with Crippen LogP contribution in [0.1, 0.15) is 24.8 Å². The molecule has 3 nitrogen and oxygen atoms in total. The van der Waals surface area contributed by atoms with Crippen molar-refractivity contribution in [2.75, 3.05) is 17.6 Å². The highest BCUT2D eigenvalue weighted by molar-refractivity contribution is 7.91. The van der Waals surface area contributed by atoms with E-state index in [4.69, 9.17) is 0 Å². The molecule has 1 aromatic rings. The van der Waals surface area contributed by atoms with Crippen LogP contribution in [-0.4, -0.2) is 20.7 Å². The van der Waals surface area contributed by atoms with Gasteiger partial charge in [0.15, 0.2) is 9.84 Å². The number of fused-ring (bicyclic) bond motifs is 1. The van der Waals surface area contributed by atoms with Crippen molar-refractivity contribution in [3.8, 4) is 0 Å². The smallest absolute Gasteiger partial charge is 0.181 e. The third kappa shape index (κ3) is 1.66. The van der Waals surface area contributed by atoms with Crippen LogP contribution in [0.3, 0.4) is 0 Å². The Morgan fingerprint density at radius 2 is 2.06 bits per heavy atom. The molecule has 0 atom stereocenters. The van der Waals surface area contributed by atoms with Gasteiger partial charge in [-0.3, -0.25) is 0 Å². The summed E-state index contributed by atoms with van der Waals surface area (Å²) in [4.78, 5) is 0.487. The number of hydrogen-bond donors (Lipinski definition) is 1. The topological polar surface area (TPSA) is 46.2 Å². The molecule has 92 valence electrons. The Kier molecular flexibility index (Phi) is 2.27. The van der Waals surface area contributed by atoms with Crippen LogP contribution >= 0.6 is 0 Å². The Morgan fingerprint density at radius 1 is 1.29 bits per heavy atom. The molecular weight excluding hydrogens is 234 g/mol. The molecule has 2 aliphatic rings. The van der Waals surface area contributed by atoms with E-state index in [9.17, 15) is 8.42 Å². The van der Waals surface area contributed by atoms with Crippen LogP contribution in [0.5, 0.6) is 0 Å². The highest BCUT2D eigenvalue weighted by Gasteiger charge is 2.43. The molecule has 0 saturated heterocycles. The summed E-state index contributed by atoms with van der Waals surface area (Å²) < 4.78 is 24.8. The molecule has 3 rings (SSSR count). The fourth-order valence-electron chi connectivity index (χ4n) is 2.93. The summed E-state index contributed by atoms with van der Waals surface area (Å²) in [5.41, 5.74) is 1.82. The van der Waals surface area contributed by atoms with E-state index >= 15 is 0 Å². The first-order valence-electron chi connectivity index (χ1n) is 6.09. The van der Waals surface area contributed by atoms with Crippen LogP contribution in [0.15, 0.2) is 23.1 Å². The molecule has 4 heteroatoms. The van der Waals surface area contributed by atoms with Gasteiger partial charge in [0, 0.05) is 12.0 Å². The largest absolute Gasteiger partial charge is 0.383 e. The maximum absolute atomic E-state index is 12.4. The second-order valence-electron chi connectivity index (χ2n) is 5.41. The average Bonchev–Trinajstić information content (AvgIpc) is 2.34. The van der Waals surface area contributed by atoms with Gasteiger partial charge in [-0.05, 0) is 31.4 Å². The van der Waals surface area contributed by atoms with Crippen molar-refractivity contribution in [1.29, 1.82) is 0 Å². The highest BCUT2D eigenvalue weighted by Crippen LogP contribution is 2.46. The first-order chi connectivity index (χ1) is 8.03. The van der Waals surface area contributed by atoms with Crippen LogP contribution in [0, 0.1) is 12.3 Å².